The molecule has 7 heteroatoms. The lowest BCUT2D eigenvalue weighted by atomic mass is 10.1. The summed E-state index contributed by atoms with van der Waals surface area (Å²) in [5.74, 6) is -0.373. The van der Waals surface area contributed by atoms with Crippen LogP contribution in [0, 0.1) is 11.7 Å². The number of nitrogens with zero attached hydrogens (tertiary/aromatic N) is 1. The molecule has 5 nitrogen and oxygen atoms in total. The first-order chi connectivity index (χ1) is 12.8. The lowest BCUT2D eigenvalue weighted by molar-refractivity contribution is -0.135. The first-order valence-corrected chi connectivity index (χ1v) is 10.3. The summed E-state index contributed by atoms with van der Waals surface area (Å²) in [5, 5.41) is 0. The molecule has 0 unspecified atom stereocenters. The van der Waals surface area contributed by atoms with Gasteiger partial charge in [0.1, 0.15) is 16.5 Å². The quantitative estimate of drug-likeness (QED) is 0.675. The van der Waals surface area contributed by atoms with Crippen LogP contribution in [0.25, 0.3) is 0 Å². The van der Waals surface area contributed by atoms with E-state index in [1.165, 1.54) is 6.07 Å². The van der Waals surface area contributed by atoms with Crippen LogP contribution in [-0.2, 0) is 21.5 Å². The second-order valence-electron chi connectivity index (χ2n) is 6.99. The zero-order valence-electron chi connectivity index (χ0n) is 15.3. The Morgan fingerprint density at radius 2 is 1.85 bits per heavy atom. The van der Waals surface area contributed by atoms with Gasteiger partial charge in [0, 0.05) is 18.5 Å². The number of halogens is 1. The van der Waals surface area contributed by atoms with Gasteiger partial charge in [0.15, 0.2) is 0 Å². The Bertz CT molecular complexity index is 921. The first-order valence-electron chi connectivity index (χ1n) is 8.86. The molecule has 144 valence electrons. The van der Waals surface area contributed by atoms with Gasteiger partial charge in [-0.15, -0.1) is 0 Å². The lowest BCUT2D eigenvalue weighted by Gasteiger charge is -2.24. The molecule has 1 fully saturated rings. The van der Waals surface area contributed by atoms with Crippen LogP contribution >= 0.6 is 0 Å². The van der Waals surface area contributed by atoms with Gasteiger partial charge in [-0.1, -0.05) is 26.0 Å². The summed E-state index contributed by atoms with van der Waals surface area (Å²) in [7, 11) is -4.06. The van der Waals surface area contributed by atoms with Crippen LogP contribution in [0.15, 0.2) is 53.4 Å². The number of benzene rings is 2. The molecule has 1 aliphatic carbocycles. The van der Waals surface area contributed by atoms with Gasteiger partial charge in [0.25, 0.3) is 0 Å². The predicted octanol–water partition coefficient (Wildman–Crippen LogP) is 3.74. The Morgan fingerprint density at radius 3 is 2.44 bits per heavy atom. The Balaban J connectivity index is 1.77. The smallest absolute Gasteiger partial charge is 0.339 e. The molecular weight excluding hydrogens is 369 g/mol. The Kier molecular flexibility index (Phi) is 5.51. The van der Waals surface area contributed by atoms with Crippen molar-refractivity contribution in [1.82, 2.24) is 4.90 Å². The molecule has 0 atom stereocenters. The van der Waals surface area contributed by atoms with Crippen LogP contribution in [-0.4, -0.2) is 25.3 Å². The highest BCUT2D eigenvalue weighted by Gasteiger charge is 2.33. The second kappa shape index (κ2) is 7.68. The summed E-state index contributed by atoms with van der Waals surface area (Å²) in [4.78, 5) is 14.1. The third kappa shape index (κ3) is 4.86. The highest BCUT2D eigenvalue weighted by atomic mass is 32.2. The highest BCUT2D eigenvalue weighted by Crippen LogP contribution is 2.30. The van der Waals surface area contributed by atoms with E-state index < -0.39 is 15.9 Å². The monoisotopic (exact) mass is 391 g/mol. The zero-order chi connectivity index (χ0) is 19.6. The van der Waals surface area contributed by atoms with E-state index in [-0.39, 0.29) is 28.5 Å². The van der Waals surface area contributed by atoms with Crippen molar-refractivity contribution < 1.29 is 21.8 Å². The van der Waals surface area contributed by atoms with Crippen molar-refractivity contribution in [2.45, 2.75) is 44.2 Å². The average Bonchev–Trinajstić information content (AvgIpc) is 3.44. The summed E-state index contributed by atoms with van der Waals surface area (Å²) < 4.78 is 42.9. The maximum Gasteiger partial charge on any atom is 0.339 e. The maximum atomic E-state index is 13.0. The van der Waals surface area contributed by atoms with Crippen molar-refractivity contribution in [2.75, 3.05) is 0 Å². The summed E-state index contributed by atoms with van der Waals surface area (Å²) in [5.41, 5.74) is 0.794. The van der Waals surface area contributed by atoms with E-state index in [4.69, 9.17) is 4.18 Å². The van der Waals surface area contributed by atoms with Gasteiger partial charge in [-0.25, -0.2) is 4.39 Å². The molecule has 1 saturated carbocycles. The van der Waals surface area contributed by atoms with E-state index in [1.807, 2.05) is 24.8 Å². The molecule has 0 spiro atoms. The zero-order valence-corrected chi connectivity index (χ0v) is 16.1. The Labute approximate surface area is 158 Å². The minimum atomic E-state index is -4.06. The molecule has 3 rings (SSSR count). The summed E-state index contributed by atoms with van der Waals surface area (Å²) in [6.07, 6.45) is 1.99. The summed E-state index contributed by atoms with van der Waals surface area (Å²) >= 11 is 0. The van der Waals surface area contributed by atoms with Crippen molar-refractivity contribution in [1.29, 1.82) is 0 Å². The molecular formula is C20H22FNO4S. The van der Waals surface area contributed by atoms with Crippen molar-refractivity contribution in [2.24, 2.45) is 5.92 Å². The first kappa shape index (κ1) is 19.4. The fourth-order valence-corrected chi connectivity index (χ4v) is 3.70. The van der Waals surface area contributed by atoms with E-state index in [2.05, 4.69) is 0 Å². The van der Waals surface area contributed by atoms with Gasteiger partial charge in [-0.3, -0.25) is 4.79 Å². The van der Waals surface area contributed by atoms with E-state index >= 15 is 0 Å². The number of carbonyl (C=O) groups excluding carboxylic acids is 1. The van der Waals surface area contributed by atoms with Crippen LogP contribution in [0.5, 0.6) is 5.75 Å². The number of rotatable bonds is 7. The molecule has 0 N–H and O–H groups in total. The largest absolute Gasteiger partial charge is 0.379 e. The van der Waals surface area contributed by atoms with Gasteiger partial charge >= 0.3 is 10.1 Å². The minimum absolute atomic E-state index is 0.0859. The number of hydrogen-bond acceptors (Lipinski definition) is 4. The Morgan fingerprint density at radius 1 is 1.19 bits per heavy atom. The molecule has 0 aromatic heterocycles. The van der Waals surface area contributed by atoms with Crippen LogP contribution < -0.4 is 4.18 Å². The van der Waals surface area contributed by atoms with Gasteiger partial charge in [0.05, 0.1) is 0 Å². The number of hydrogen-bond donors (Lipinski definition) is 0. The van der Waals surface area contributed by atoms with Gasteiger partial charge in [0.2, 0.25) is 5.91 Å². The molecule has 0 bridgehead atoms. The third-order valence-electron chi connectivity index (χ3n) is 4.32. The summed E-state index contributed by atoms with van der Waals surface area (Å²) in [6.45, 7) is 4.15. The molecule has 0 heterocycles. The molecule has 0 radical (unpaired) electrons. The molecule has 2 aromatic carbocycles. The highest BCUT2D eigenvalue weighted by molar-refractivity contribution is 7.87. The molecule has 1 amide bonds. The van der Waals surface area contributed by atoms with Crippen LogP contribution in [0.2, 0.25) is 0 Å². The molecule has 2 aromatic rings. The second-order valence-corrected chi connectivity index (χ2v) is 8.54. The maximum absolute atomic E-state index is 13.0. The van der Waals surface area contributed by atoms with Crippen LogP contribution in [0.4, 0.5) is 4.39 Å². The van der Waals surface area contributed by atoms with Crippen molar-refractivity contribution in [3.63, 3.8) is 0 Å². The fraction of sp³-hybridized carbons (Fsp3) is 0.350. The SMILES string of the molecule is CC(C)C(=O)N(Cc1cccc(OS(=O)(=O)c2ccc(F)cc2)c1)C1CC1. The van der Waals surface area contributed by atoms with Crippen LogP contribution in [0.3, 0.4) is 0 Å². The van der Waals surface area contributed by atoms with Crippen molar-refractivity contribution in [3.05, 3.63) is 59.9 Å². The third-order valence-corrected chi connectivity index (χ3v) is 5.59. The lowest BCUT2D eigenvalue weighted by Crippen LogP contribution is -2.35. The van der Waals surface area contributed by atoms with E-state index in [9.17, 15) is 17.6 Å². The average molecular weight is 391 g/mol. The fourth-order valence-electron chi connectivity index (χ4n) is 2.77. The van der Waals surface area contributed by atoms with Crippen LogP contribution in [0.1, 0.15) is 32.3 Å². The van der Waals surface area contributed by atoms with E-state index in [0.717, 1.165) is 42.7 Å². The molecule has 0 saturated heterocycles. The standard InChI is InChI=1S/C20H22FNO4S/c1-14(2)20(23)22(17-8-9-17)13-15-4-3-5-18(12-15)26-27(24,25)19-10-6-16(21)7-11-19/h3-7,10-12,14,17H,8-9,13H2,1-2H3. The van der Waals surface area contributed by atoms with Gasteiger partial charge in [-0.05, 0) is 54.8 Å². The van der Waals surface area contributed by atoms with E-state index in [1.54, 1.807) is 12.1 Å². The molecule has 1 aliphatic rings. The van der Waals surface area contributed by atoms with Gasteiger partial charge < -0.3 is 9.08 Å². The molecule has 27 heavy (non-hydrogen) atoms. The predicted molar refractivity (Wildman–Crippen MR) is 99.1 cm³/mol. The number of amides is 1. The minimum Gasteiger partial charge on any atom is -0.379 e. The molecule has 0 aliphatic heterocycles. The Hall–Kier alpha value is -2.41. The van der Waals surface area contributed by atoms with Crippen molar-refractivity contribution in [3.8, 4) is 5.75 Å². The van der Waals surface area contributed by atoms with Gasteiger partial charge in [-0.2, -0.15) is 8.42 Å². The topological polar surface area (TPSA) is 63.7 Å². The summed E-state index contributed by atoms with van der Waals surface area (Å²) in [6, 6.07) is 11.4. The van der Waals surface area contributed by atoms with Crippen molar-refractivity contribution >= 4 is 16.0 Å². The normalized spacial score (nSPS) is 14.2. The van der Waals surface area contributed by atoms with E-state index in [0.29, 0.717) is 6.54 Å². The number of carbonyl (C=O) groups is 1.